The molecule has 5 nitrogen and oxygen atoms in total. The van der Waals surface area contributed by atoms with Crippen LogP contribution in [0.15, 0.2) is 35.4 Å². The zero-order chi connectivity index (χ0) is 18.9. The van der Waals surface area contributed by atoms with E-state index in [-0.39, 0.29) is 6.61 Å². The number of carbonyl (C=O) groups is 1. The van der Waals surface area contributed by atoms with Crippen LogP contribution in [-0.4, -0.2) is 29.9 Å². The normalized spacial score (nSPS) is 10.2. The number of thioether (sulfide) groups is 1. The molecular formula is C20H22N2O3S. The fraction of sp³-hybridized carbons (Fsp3) is 0.350. The average molecular weight is 370 g/mol. The molecule has 0 aliphatic carbocycles. The van der Waals surface area contributed by atoms with Gasteiger partial charge >= 0.3 is 5.97 Å². The molecule has 0 saturated heterocycles. The molecule has 1 aromatic heterocycles. The Hall–Kier alpha value is -2.52. The van der Waals surface area contributed by atoms with Gasteiger partial charge in [-0.2, -0.15) is 5.26 Å². The van der Waals surface area contributed by atoms with Crippen molar-refractivity contribution >= 4 is 17.7 Å². The molecule has 26 heavy (non-hydrogen) atoms. The first kappa shape index (κ1) is 19.8. The van der Waals surface area contributed by atoms with Crippen molar-refractivity contribution in [1.82, 2.24) is 4.98 Å². The molecule has 2 rings (SSSR count). The van der Waals surface area contributed by atoms with Gasteiger partial charge in [0.25, 0.3) is 0 Å². The Balaban J connectivity index is 1.91. The van der Waals surface area contributed by atoms with Gasteiger partial charge in [0, 0.05) is 5.75 Å². The van der Waals surface area contributed by atoms with E-state index >= 15 is 0 Å². The maximum Gasteiger partial charge on any atom is 0.340 e. The summed E-state index contributed by atoms with van der Waals surface area (Å²) in [7, 11) is 0. The number of carbonyl (C=O) groups excluding carboxylic acids is 1. The van der Waals surface area contributed by atoms with E-state index in [9.17, 15) is 10.1 Å². The predicted octanol–water partition coefficient (Wildman–Crippen LogP) is 4.31. The van der Waals surface area contributed by atoms with E-state index in [1.54, 1.807) is 19.9 Å². The van der Waals surface area contributed by atoms with E-state index < -0.39 is 5.97 Å². The van der Waals surface area contributed by atoms with Gasteiger partial charge < -0.3 is 9.47 Å². The van der Waals surface area contributed by atoms with Crippen LogP contribution in [0.4, 0.5) is 0 Å². The molecule has 136 valence electrons. The summed E-state index contributed by atoms with van der Waals surface area (Å²) in [4.78, 5) is 16.3. The summed E-state index contributed by atoms with van der Waals surface area (Å²) in [5.74, 6) is 1.18. The lowest BCUT2D eigenvalue weighted by atomic mass is 10.1. The number of hydrogen-bond donors (Lipinski definition) is 0. The van der Waals surface area contributed by atoms with Gasteiger partial charge in [-0.15, -0.1) is 11.8 Å². The highest BCUT2D eigenvalue weighted by Crippen LogP contribution is 2.24. The summed E-state index contributed by atoms with van der Waals surface area (Å²) in [5.41, 5.74) is 2.47. The van der Waals surface area contributed by atoms with Gasteiger partial charge in [0.15, 0.2) is 0 Å². The number of hydrogen-bond acceptors (Lipinski definition) is 6. The highest BCUT2D eigenvalue weighted by molar-refractivity contribution is 7.99. The molecule has 1 heterocycles. The number of nitriles is 1. The van der Waals surface area contributed by atoms with Gasteiger partial charge in [-0.25, -0.2) is 9.78 Å². The minimum atomic E-state index is -0.447. The number of aryl methyl sites for hydroxylation is 2. The van der Waals surface area contributed by atoms with Crippen LogP contribution in [0.25, 0.3) is 0 Å². The van der Waals surface area contributed by atoms with Crippen LogP contribution in [0.2, 0.25) is 0 Å². The molecule has 0 aliphatic heterocycles. The first-order valence-corrected chi connectivity index (χ1v) is 9.44. The van der Waals surface area contributed by atoms with Gasteiger partial charge in [-0.3, -0.25) is 0 Å². The number of rotatable bonds is 8. The number of nitrogens with zero attached hydrogens (tertiary/aromatic N) is 2. The van der Waals surface area contributed by atoms with Crippen molar-refractivity contribution in [3.8, 4) is 11.8 Å². The van der Waals surface area contributed by atoms with Crippen LogP contribution in [0.1, 0.15) is 40.5 Å². The van der Waals surface area contributed by atoms with Gasteiger partial charge in [0.1, 0.15) is 16.8 Å². The lowest BCUT2D eigenvalue weighted by Gasteiger charge is -2.10. The molecule has 0 bridgehead atoms. The topological polar surface area (TPSA) is 72.2 Å². The molecule has 0 atom stereocenters. The van der Waals surface area contributed by atoms with Crippen molar-refractivity contribution in [2.75, 3.05) is 19.0 Å². The summed E-state index contributed by atoms with van der Waals surface area (Å²) in [6, 6.07) is 11.6. The third-order valence-electron chi connectivity index (χ3n) is 3.58. The van der Waals surface area contributed by atoms with Gasteiger partial charge in [-0.05, 0) is 51.0 Å². The van der Waals surface area contributed by atoms with E-state index in [1.807, 2.05) is 31.2 Å². The van der Waals surface area contributed by atoms with Crippen LogP contribution >= 0.6 is 11.8 Å². The summed E-state index contributed by atoms with van der Waals surface area (Å²) in [6.45, 7) is 6.41. The van der Waals surface area contributed by atoms with Crippen molar-refractivity contribution < 1.29 is 14.3 Å². The third kappa shape index (κ3) is 5.50. The van der Waals surface area contributed by atoms with E-state index in [0.717, 1.165) is 23.5 Å². The van der Waals surface area contributed by atoms with Crippen molar-refractivity contribution in [3.63, 3.8) is 0 Å². The molecule has 0 spiro atoms. The SMILES string of the molecule is CCOC(=O)c1cc(C#N)c(SCCCOc2cccc(C)c2)nc1C. The van der Waals surface area contributed by atoms with Crippen LogP contribution in [0, 0.1) is 25.2 Å². The second-order valence-corrected chi connectivity index (χ2v) is 6.76. The highest BCUT2D eigenvalue weighted by Gasteiger charge is 2.16. The van der Waals surface area contributed by atoms with Crippen LogP contribution in [-0.2, 0) is 4.74 Å². The molecule has 0 N–H and O–H groups in total. The summed E-state index contributed by atoms with van der Waals surface area (Å²) in [6.07, 6.45) is 0.823. The first-order chi connectivity index (χ1) is 12.5. The fourth-order valence-electron chi connectivity index (χ4n) is 2.31. The van der Waals surface area contributed by atoms with E-state index in [1.165, 1.54) is 11.8 Å². The zero-order valence-electron chi connectivity index (χ0n) is 15.2. The third-order valence-corrected chi connectivity index (χ3v) is 4.66. The minimum absolute atomic E-state index is 0.289. The Morgan fingerprint density at radius 2 is 2.12 bits per heavy atom. The number of ether oxygens (including phenoxy) is 2. The first-order valence-electron chi connectivity index (χ1n) is 8.46. The smallest absolute Gasteiger partial charge is 0.340 e. The van der Waals surface area contributed by atoms with Crippen LogP contribution in [0.3, 0.4) is 0 Å². The van der Waals surface area contributed by atoms with E-state index in [0.29, 0.717) is 28.5 Å². The molecule has 0 amide bonds. The van der Waals surface area contributed by atoms with Gasteiger partial charge in [-0.1, -0.05) is 12.1 Å². The highest BCUT2D eigenvalue weighted by atomic mass is 32.2. The molecule has 0 radical (unpaired) electrons. The number of benzene rings is 1. The molecule has 0 saturated carbocycles. The number of aromatic nitrogens is 1. The molecule has 0 aliphatic rings. The van der Waals surface area contributed by atoms with Crippen LogP contribution < -0.4 is 4.74 Å². The predicted molar refractivity (Wildman–Crippen MR) is 102 cm³/mol. The summed E-state index contributed by atoms with van der Waals surface area (Å²) in [5, 5.41) is 9.98. The van der Waals surface area contributed by atoms with Crippen molar-refractivity contribution in [3.05, 3.63) is 52.7 Å². The van der Waals surface area contributed by atoms with Crippen molar-refractivity contribution in [1.29, 1.82) is 5.26 Å². The van der Waals surface area contributed by atoms with Gasteiger partial charge in [0.2, 0.25) is 0 Å². The standard InChI is InChI=1S/C20H22N2O3S/c1-4-24-20(23)18-12-16(13-21)19(22-15(18)3)26-10-6-9-25-17-8-5-7-14(2)11-17/h5,7-8,11-12H,4,6,9-10H2,1-3H3. The van der Waals surface area contributed by atoms with Crippen LogP contribution in [0.5, 0.6) is 5.75 Å². The van der Waals surface area contributed by atoms with Crippen molar-refractivity contribution in [2.45, 2.75) is 32.2 Å². The Morgan fingerprint density at radius 1 is 1.31 bits per heavy atom. The molecule has 0 fully saturated rings. The largest absolute Gasteiger partial charge is 0.494 e. The Labute approximate surface area is 158 Å². The zero-order valence-corrected chi connectivity index (χ0v) is 16.1. The van der Waals surface area contributed by atoms with Crippen molar-refractivity contribution in [2.24, 2.45) is 0 Å². The summed E-state index contributed by atoms with van der Waals surface area (Å²) < 4.78 is 10.7. The number of pyridine rings is 1. The maximum absolute atomic E-state index is 11.9. The molecular weight excluding hydrogens is 348 g/mol. The quantitative estimate of drug-likeness (QED) is 0.392. The Morgan fingerprint density at radius 3 is 2.81 bits per heavy atom. The molecule has 6 heteroatoms. The van der Waals surface area contributed by atoms with E-state index in [2.05, 4.69) is 11.1 Å². The lowest BCUT2D eigenvalue weighted by molar-refractivity contribution is 0.0524. The fourth-order valence-corrected chi connectivity index (χ4v) is 3.23. The average Bonchev–Trinajstić information content (AvgIpc) is 2.61. The van der Waals surface area contributed by atoms with E-state index in [4.69, 9.17) is 9.47 Å². The van der Waals surface area contributed by atoms with Gasteiger partial charge in [0.05, 0.1) is 30.0 Å². The molecule has 2 aromatic rings. The molecule has 1 aromatic carbocycles. The molecule has 0 unspecified atom stereocenters. The maximum atomic E-state index is 11.9. The summed E-state index contributed by atoms with van der Waals surface area (Å²) >= 11 is 1.49. The monoisotopic (exact) mass is 370 g/mol. The Kier molecular flexibility index (Phi) is 7.49. The second-order valence-electron chi connectivity index (χ2n) is 5.67. The number of esters is 1. The second kappa shape index (κ2) is 9.83. The lowest BCUT2D eigenvalue weighted by Crippen LogP contribution is -2.09. The minimum Gasteiger partial charge on any atom is -0.494 e. The Bertz CT molecular complexity index is 815.